The predicted molar refractivity (Wildman–Crippen MR) is 111 cm³/mol. The van der Waals surface area contributed by atoms with Crippen molar-refractivity contribution in [2.24, 2.45) is 0 Å². The molecule has 1 heterocycles. The number of rotatable bonds is 5. The van der Waals surface area contributed by atoms with Gasteiger partial charge in [-0.05, 0) is 29.0 Å². The van der Waals surface area contributed by atoms with Gasteiger partial charge < -0.3 is 9.52 Å². The fraction of sp³-hybridized carbons (Fsp3) is 0.261. The fourth-order valence-electron chi connectivity index (χ4n) is 2.89. The molecule has 0 bridgehead atoms. The Morgan fingerprint density at radius 2 is 1.63 bits per heavy atom. The van der Waals surface area contributed by atoms with Gasteiger partial charge >= 0.3 is 5.63 Å². The molecule has 3 nitrogen and oxygen atoms in total. The van der Waals surface area contributed by atoms with Gasteiger partial charge in [-0.2, -0.15) is 0 Å². The molecular weight excluding hydrogens is 356 g/mol. The summed E-state index contributed by atoms with van der Waals surface area (Å²) in [7, 11) is 0. The standard InChI is InChI=1S/C23H24O3S/c1-14(2)17-10-11-18(15(3)4)21(12-17)27-22-19(24)13-20(26-23(22)25)16-8-6-5-7-9-16/h5-15,24H,1-4H3. The molecule has 1 N–H and O–H groups in total. The molecule has 0 aliphatic heterocycles. The lowest BCUT2D eigenvalue weighted by Gasteiger charge is -2.16. The average molecular weight is 381 g/mol. The Balaban J connectivity index is 2.04. The molecule has 3 aromatic rings. The molecule has 27 heavy (non-hydrogen) atoms. The third kappa shape index (κ3) is 4.28. The van der Waals surface area contributed by atoms with E-state index < -0.39 is 5.63 Å². The smallest absolute Gasteiger partial charge is 0.354 e. The third-order valence-corrected chi connectivity index (χ3v) is 5.64. The lowest BCUT2D eigenvalue weighted by Crippen LogP contribution is -2.04. The van der Waals surface area contributed by atoms with Gasteiger partial charge in [-0.3, -0.25) is 0 Å². The summed E-state index contributed by atoms with van der Waals surface area (Å²) in [4.78, 5) is 13.8. The molecular formula is C23H24O3S. The molecule has 0 unspecified atom stereocenters. The maximum absolute atomic E-state index is 12.6. The second kappa shape index (κ2) is 8.05. The minimum absolute atomic E-state index is 0.0558. The molecule has 0 radical (unpaired) electrons. The van der Waals surface area contributed by atoms with Gasteiger partial charge in [-0.25, -0.2) is 4.79 Å². The van der Waals surface area contributed by atoms with Gasteiger partial charge in [0, 0.05) is 16.5 Å². The minimum Gasteiger partial charge on any atom is -0.506 e. The number of aromatic hydroxyl groups is 1. The van der Waals surface area contributed by atoms with Gasteiger partial charge in [0.2, 0.25) is 0 Å². The maximum Gasteiger partial charge on any atom is 0.354 e. The van der Waals surface area contributed by atoms with E-state index in [1.807, 2.05) is 30.3 Å². The SMILES string of the molecule is CC(C)c1ccc(C(C)C)c(Sc2c(O)cc(-c3ccccc3)oc2=O)c1. The first-order valence-corrected chi connectivity index (χ1v) is 9.92. The van der Waals surface area contributed by atoms with Crippen molar-refractivity contribution in [3.63, 3.8) is 0 Å². The van der Waals surface area contributed by atoms with Crippen molar-refractivity contribution in [3.05, 3.63) is 76.1 Å². The van der Waals surface area contributed by atoms with Crippen molar-refractivity contribution in [1.29, 1.82) is 0 Å². The highest BCUT2D eigenvalue weighted by Gasteiger charge is 2.17. The first-order valence-electron chi connectivity index (χ1n) is 9.11. The van der Waals surface area contributed by atoms with Crippen LogP contribution < -0.4 is 5.63 Å². The van der Waals surface area contributed by atoms with Crippen LogP contribution >= 0.6 is 11.8 Å². The molecule has 3 rings (SSSR count). The monoisotopic (exact) mass is 380 g/mol. The van der Waals surface area contributed by atoms with E-state index in [1.165, 1.54) is 23.4 Å². The van der Waals surface area contributed by atoms with E-state index in [4.69, 9.17) is 4.42 Å². The summed E-state index contributed by atoms with van der Waals surface area (Å²) in [6, 6.07) is 17.2. The van der Waals surface area contributed by atoms with E-state index in [1.54, 1.807) is 0 Å². The van der Waals surface area contributed by atoms with Crippen LogP contribution in [0.25, 0.3) is 11.3 Å². The molecule has 0 saturated carbocycles. The Morgan fingerprint density at radius 3 is 2.22 bits per heavy atom. The summed E-state index contributed by atoms with van der Waals surface area (Å²) in [5.41, 5.74) is 2.58. The van der Waals surface area contributed by atoms with Crippen LogP contribution in [-0.2, 0) is 0 Å². The van der Waals surface area contributed by atoms with Crippen LogP contribution in [0.4, 0.5) is 0 Å². The average Bonchev–Trinajstić information content (AvgIpc) is 2.64. The zero-order valence-corrected chi connectivity index (χ0v) is 16.8. The van der Waals surface area contributed by atoms with E-state index in [-0.39, 0.29) is 10.6 Å². The molecule has 0 aliphatic carbocycles. The van der Waals surface area contributed by atoms with Crippen LogP contribution in [0.1, 0.15) is 50.7 Å². The van der Waals surface area contributed by atoms with E-state index in [2.05, 4.69) is 45.9 Å². The fourth-order valence-corrected chi connectivity index (χ4v) is 4.02. The minimum atomic E-state index is -0.525. The number of hydrogen-bond acceptors (Lipinski definition) is 4. The second-order valence-electron chi connectivity index (χ2n) is 7.19. The lowest BCUT2D eigenvalue weighted by atomic mass is 9.97. The summed E-state index contributed by atoms with van der Waals surface area (Å²) < 4.78 is 5.49. The summed E-state index contributed by atoms with van der Waals surface area (Å²) >= 11 is 1.28. The zero-order valence-electron chi connectivity index (χ0n) is 16.0. The van der Waals surface area contributed by atoms with Crippen LogP contribution in [0.15, 0.2) is 73.6 Å². The topological polar surface area (TPSA) is 50.4 Å². The maximum atomic E-state index is 12.6. The molecule has 0 amide bonds. The van der Waals surface area contributed by atoms with Crippen molar-refractivity contribution >= 4 is 11.8 Å². The molecule has 1 aromatic heterocycles. The quantitative estimate of drug-likeness (QED) is 0.555. The Labute approximate surface area is 164 Å². The third-order valence-electron chi connectivity index (χ3n) is 4.49. The molecule has 0 atom stereocenters. The Bertz CT molecular complexity index is 988. The molecule has 140 valence electrons. The van der Waals surface area contributed by atoms with Crippen molar-refractivity contribution < 1.29 is 9.52 Å². The molecule has 2 aromatic carbocycles. The van der Waals surface area contributed by atoms with Gasteiger partial charge in [-0.1, -0.05) is 81.9 Å². The highest BCUT2D eigenvalue weighted by atomic mass is 32.2. The highest BCUT2D eigenvalue weighted by molar-refractivity contribution is 7.99. The predicted octanol–water partition coefficient (Wildman–Crippen LogP) is 6.41. The van der Waals surface area contributed by atoms with Crippen molar-refractivity contribution in [3.8, 4) is 17.1 Å². The van der Waals surface area contributed by atoms with E-state index in [9.17, 15) is 9.90 Å². The van der Waals surface area contributed by atoms with E-state index >= 15 is 0 Å². The van der Waals surface area contributed by atoms with Gasteiger partial charge in [-0.15, -0.1) is 0 Å². The lowest BCUT2D eigenvalue weighted by molar-refractivity contribution is 0.430. The van der Waals surface area contributed by atoms with Gasteiger partial charge in [0.15, 0.2) is 0 Å². The number of benzene rings is 2. The van der Waals surface area contributed by atoms with Crippen LogP contribution in [0.5, 0.6) is 5.75 Å². The van der Waals surface area contributed by atoms with Crippen molar-refractivity contribution in [1.82, 2.24) is 0 Å². The van der Waals surface area contributed by atoms with Crippen LogP contribution in [0.3, 0.4) is 0 Å². The highest BCUT2D eigenvalue weighted by Crippen LogP contribution is 2.39. The molecule has 0 fully saturated rings. The number of hydrogen-bond donors (Lipinski definition) is 1. The second-order valence-corrected chi connectivity index (χ2v) is 8.24. The van der Waals surface area contributed by atoms with Crippen LogP contribution in [0, 0.1) is 0 Å². The zero-order chi connectivity index (χ0) is 19.6. The summed E-state index contributed by atoms with van der Waals surface area (Å²) in [6.07, 6.45) is 0. The van der Waals surface area contributed by atoms with E-state index in [0.29, 0.717) is 17.6 Å². The van der Waals surface area contributed by atoms with Crippen LogP contribution in [0.2, 0.25) is 0 Å². The first-order chi connectivity index (χ1) is 12.9. The summed E-state index contributed by atoms with van der Waals surface area (Å²) in [6.45, 7) is 8.52. The largest absolute Gasteiger partial charge is 0.506 e. The normalized spacial score (nSPS) is 11.3. The molecule has 4 heteroatoms. The van der Waals surface area contributed by atoms with Crippen molar-refractivity contribution in [2.75, 3.05) is 0 Å². The summed E-state index contributed by atoms with van der Waals surface area (Å²) in [5.74, 6) is 1.00. The Hall–Kier alpha value is -2.46. The Kier molecular flexibility index (Phi) is 5.76. The van der Waals surface area contributed by atoms with E-state index in [0.717, 1.165) is 16.0 Å². The van der Waals surface area contributed by atoms with Gasteiger partial charge in [0.1, 0.15) is 16.4 Å². The molecule has 0 spiro atoms. The van der Waals surface area contributed by atoms with Crippen LogP contribution in [-0.4, -0.2) is 5.11 Å². The molecule has 0 aliphatic rings. The van der Waals surface area contributed by atoms with Gasteiger partial charge in [0.25, 0.3) is 0 Å². The Morgan fingerprint density at radius 1 is 0.926 bits per heavy atom. The molecule has 0 saturated heterocycles. The first kappa shape index (κ1) is 19.3. The summed E-state index contributed by atoms with van der Waals surface area (Å²) in [5, 5.41) is 10.5. The van der Waals surface area contributed by atoms with Crippen molar-refractivity contribution in [2.45, 2.75) is 49.3 Å². The van der Waals surface area contributed by atoms with Gasteiger partial charge in [0.05, 0.1) is 0 Å².